The minimum Gasteiger partial charge on any atom is -0.320 e. The van der Waals surface area contributed by atoms with Gasteiger partial charge in [0.2, 0.25) is 0 Å². The maximum atomic E-state index is 12.0. The quantitative estimate of drug-likeness (QED) is 0.786. The molecule has 1 amide bonds. The van der Waals surface area contributed by atoms with Crippen LogP contribution >= 0.6 is 23.4 Å². The van der Waals surface area contributed by atoms with Gasteiger partial charge >= 0.3 is 0 Å². The number of hydrogen-bond donors (Lipinski definition) is 1. The van der Waals surface area contributed by atoms with Gasteiger partial charge in [-0.3, -0.25) is 4.79 Å². The van der Waals surface area contributed by atoms with Crippen LogP contribution in [0.5, 0.6) is 0 Å². The summed E-state index contributed by atoms with van der Waals surface area (Å²) in [5.74, 6) is -0.0707. The highest BCUT2D eigenvalue weighted by molar-refractivity contribution is 8.04. The lowest BCUT2D eigenvalue weighted by Gasteiger charge is -2.18. The summed E-state index contributed by atoms with van der Waals surface area (Å²) in [6, 6.07) is 15.2. The van der Waals surface area contributed by atoms with Gasteiger partial charge in [-0.2, -0.15) is 0 Å². The highest BCUT2D eigenvalue weighted by Gasteiger charge is 2.20. The van der Waals surface area contributed by atoms with Crippen LogP contribution < -0.4 is 5.32 Å². The summed E-state index contributed by atoms with van der Waals surface area (Å²) >= 11 is 7.33. The van der Waals surface area contributed by atoms with Crippen LogP contribution in [0, 0.1) is 0 Å². The summed E-state index contributed by atoms with van der Waals surface area (Å²) in [7, 11) is 0. The predicted octanol–water partition coefficient (Wildman–Crippen LogP) is 4.43. The van der Waals surface area contributed by atoms with E-state index in [0.717, 1.165) is 16.1 Å². The number of fused-ring (bicyclic) bond motifs is 1. The van der Waals surface area contributed by atoms with E-state index >= 15 is 0 Å². The van der Waals surface area contributed by atoms with Crippen molar-refractivity contribution >= 4 is 41.0 Å². The number of rotatable bonds is 1. The summed E-state index contributed by atoms with van der Waals surface area (Å²) in [5, 5.41) is 3.58. The molecule has 2 aromatic carbocycles. The summed E-state index contributed by atoms with van der Waals surface area (Å²) < 4.78 is 0. The Morgan fingerprint density at radius 2 is 1.79 bits per heavy atom. The lowest BCUT2D eigenvalue weighted by molar-refractivity contribution is -0.112. The molecule has 1 heterocycles. The molecule has 0 atom stereocenters. The molecule has 0 bridgehead atoms. The van der Waals surface area contributed by atoms with Crippen LogP contribution in [0.4, 0.5) is 5.69 Å². The van der Waals surface area contributed by atoms with E-state index in [1.54, 1.807) is 0 Å². The van der Waals surface area contributed by atoms with Crippen LogP contribution in [-0.2, 0) is 4.79 Å². The molecule has 0 unspecified atom stereocenters. The van der Waals surface area contributed by atoms with Crippen molar-refractivity contribution in [2.75, 3.05) is 5.32 Å². The second-order valence-electron chi connectivity index (χ2n) is 4.11. The van der Waals surface area contributed by atoms with Crippen molar-refractivity contribution in [3.8, 4) is 0 Å². The standard InChI is InChI=1S/C15H10ClNOS/c16-11-7-5-10(6-8-11)9-14-15(18)17-12-3-1-2-4-13(12)19-14/h1-9H,(H,17,18). The highest BCUT2D eigenvalue weighted by Crippen LogP contribution is 2.38. The Balaban J connectivity index is 1.94. The number of carbonyl (C=O) groups excluding carboxylic acids is 1. The number of anilines is 1. The summed E-state index contributed by atoms with van der Waals surface area (Å²) in [6.45, 7) is 0. The van der Waals surface area contributed by atoms with Crippen molar-refractivity contribution < 1.29 is 4.79 Å². The van der Waals surface area contributed by atoms with Gasteiger partial charge < -0.3 is 5.32 Å². The summed E-state index contributed by atoms with van der Waals surface area (Å²) in [6.07, 6.45) is 1.87. The van der Waals surface area contributed by atoms with E-state index in [1.165, 1.54) is 11.8 Å². The van der Waals surface area contributed by atoms with Crippen LogP contribution in [0.2, 0.25) is 5.02 Å². The minimum atomic E-state index is -0.0707. The molecule has 2 nitrogen and oxygen atoms in total. The monoisotopic (exact) mass is 287 g/mol. The van der Waals surface area contributed by atoms with Gasteiger partial charge in [-0.05, 0) is 35.9 Å². The number of para-hydroxylation sites is 1. The second-order valence-corrected chi connectivity index (χ2v) is 5.63. The third-order valence-corrected chi connectivity index (χ3v) is 4.10. The molecule has 0 radical (unpaired) electrons. The Kier molecular flexibility index (Phi) is 3.32. The Morgan fingerprint density at radius 3 is 2.58 bits per heavy atom. The molecular formula is C15H10ClNOS. The first-order chi connectivity index (χ1) is 9.22. The molecule has 0 aromatic heterocycles. The van der Waals surface area contributed by atoms with Crippen LogP contribution in [0.3, 0.4) is 0 Å². The SMILES string of the molecule is O=C1Nc2ccccc2SC1=Cc1ccc(Cl)cc1. The lowest BCUT2D eigenvalue weighted by Crippen LogP contribution is -2.16. The van der Waals surface area contributed by atoms with E-state index in [2.05, 4.69) is 5.32 Å². The van der Waals surface area contributed by atoms with Crippen molar-refractivity contribution in [2.45, 2.75) is 4.90 Å². The smallest absolute Gasteiger partial charge is 0.262 e. The van der Waals surface area contributed by atoms with Gasteiger partial charge in [0.1, 0.15) is 0 Å². The maximum Gasteiger partial charge on any atom is 0.262 e. The largest absolute Gasteiger partial charge is 0.320 e. The van der Waals surface area contributed by atoms with Gasteiger partial charge in [-0.15, -0.1) is 0 Å². The zero-order valence-corrected chi connectivity index (χ0v) is 11.5. The molecule has 94 valence electrons. The average Bonchev–Trinajstić information content (AvgIpc) is 2.42. The number of carbonyl (C=O) groups is 1. The van der Waals surface area contributed by atoms with Gasteiger partial charge in [0.05, 0.1) is 10.6 Å². The molecule has 1 aliphatic heterocycles. The molecule has 3 rings (SSSR count). The van der Waals surface area contributed by atoms with Gasteiger partial charge in [0, 0.05) is 9.92 Å². The number of thioether (sulfide) groups is 1. The van der Waals surface area contributed by atoms with Crippen molar-refractivity contribution in [3.63, 3.8) is 0 Å². The van der Waals surface area contributed by atoms with Crippen molar-refractivity contribution in [1.29, 1.82) is 0 Å². The van der Waals surface area contributed by atoms with E-state index in [9.17, 15) is 4.79 Å². The molecule has 1 aliphatic rings. The average molecular weight is 288 g/mol. The van der Waals surface area contributed by atoms with Gasteiger partial charge in [-0.25, -0.2) is 0 Å². The van der Waals surface area contributed by atoms with Crippen LogP contribution in [-0.4, -0.2) is 5.91 Å². The zero-order valence-electron chi connectivity index (χ0n) is 9.89. The minimum absolute atomic E-state index is 0.0707. The topological polar surface area (TPSA) is 29.1 Å². The number of hydrogen-bond acceptors (Lipinski definition) is 2. The Morgan fingerprint density at radius 1 is 1.05 bits per heavy atom. The molecule has 0 spiro atoms. The van der Waals surface area contributed by atoms with E-state index in [-0.39, 0.29) is 5.91 Å². The summed E-state index contributed by atoms with van der Waals surface area (Å²) in [5.41, 5.74) is 1.83. The normalized spacial score (nSPS) is 16.1. The number of nitrogens with one attached hydrogen (secondary N) is 1. The summed E-state index contributed by atoms with van der Waals surface area (Å²) in [4.78, 5) is 13.7. The second kappa shape index (κ2) is 5.11. The molecule has 0 fully saturated rings. The first-order valence-electron chi connectivity index (χ1n) is 5.78. The third kappa shape index (κ3) is 2.67. The number of benzene rings is 2. The molecule has 0 aliphatic carbocycles. The highest BCUT2D eigenvalue weighted by atomic mass is 35.5. The zero-order chi connectivity index (χ0) is 13.2. The van der Waals surface area contributed by atoms with Gasteiger partial charge in [0.15, 0.2) is 0 Å². The van der Waals surface area contributed by atoms with Crippen LogP contribution in [0.15, 0.2) is 58.3 Å². The van der Waals surface area contributed by atoms with Crippen LogP contribution in [0.25, 0.3) is 6.08 Å². The Hall–Kier alpha value is -1.71. The van der Waals surface area contributed by atoms with E-state index in [4.69, 9.17) is 11.6 Å². The molecule has 4 heteroatoms. The third-order valence-electron chi connectivity index (χ3n) is 2.75. The van der Waals surface area contributed by atoms with E-state index < -0.39 is 0 Å². The van der Waals surface area contributed by atoms with Gasteiger partial charge in [0.25, 0.3) is 5.91 Å². The van der Waals surface area contributed by atoms with Crippen LogP contribution in [0.1, 0.15) is 5.56 Å². The van der Waals surface area contributed by atoms with E-state index in [0.29, 0.717) is 9.93 Å². The lowest BCUT2D eigenvalue weighted by atomic mass is 10.2. The Labute approximate surface area is 120 Å². The molecule has 0 saturated heterocycles. The fourth-order valence-electron chi connectivity index (χ4n) is 1.81. The van der Waals surface area contributed by atoms with E-state index in [1.807, 2.05) is 54.6 Å². The molecular weight excluding hydrogens is 278 g/mol. The maximum absolute atomic E-state index is 12.0. The fraction of sp³-hybridized carbons (Fsp3) is 0. The molecule has 2 aromatic rings. The molecule has 1 N–H and O–H groups in total. The first kappa shape index (κ1) is 12.3. The molecule has 0 saturated carbocycles. The van der Waals surface area contributed by atoms with Crippen molar-refractivity contribution in [1.82, 2.24) is 0 Å². The van der Waals surface area contributed by atoms with Crippen molar-refractivity contribution in [3.05, 3.63) is 64.0 Å². The Bertz CT molecular complexity index is 664. The van der Waals surface area contributed by atoms with Crippen molar-refractivity contribution in [2.24, 2.45) is 0 Å². The fourth-order valence-corrected chi connectivity index (χ4v) is 2.89. The van der Waals surface area contributed by atoms with Gasteiger partial charge in [-0.1, -0.05) is 47.6 Å². The number of amides is 1. The number of halogens is 1. The molecule has 19 heavy (non-hydrogen) atoms. The predicted molar refractivity (Wildman–Crippen MR) is 80.4 cm³/mol. The first-order valence-corrected chi connectivity index (χ1v) is 6.97.